The number of imidazole rings is 1. The molecule has 0 saturated carbocycles. The Morgan fingerprint density at radius 2 is 1.88 bits per heavy atom. The first-order valence-corrected chi connectivity index (χ1v) is 10.9. The van der Waals surface area contributed by atoms with Gasteiger partial charge in [0.05, 0.1) is 12.0 Å². The summed E-state index contributed by atoms with van der Waals surface area (Å²) in [5, 5.41) is 12.3. The topological polar surface area (TPSA) is 92.0 Å². The van der Waals surface area contributed by atoms with Gasteiger partial charge in [-0.15, -0.1) is 0 Å². The summed E-state index contributed by atoms with van der Waals surface area (Å²) in [6, 6.07) is 14.6. The molecule has 0 radical (unpaired) electrons. The summed E-state index contributed by atoms with van der Waals surface area (Å²) in [5.41, 5.74) is 4.79. The highest BCUT2D eigenvalue weighted by atomic mass is 16.3. The Morgan fingerprint density at radius 1 is 1.06 bits per heavy atom. The van der Waals surface area contributed by atoms with Crippen molar-refractivity contribution in [3.63, 3.8) is 0 Å². The van der Waals surface area contributed by atoms with E-state index in [9.17, 15) is 0 Å². The number of hydrogen-bond acceptors (Lipinski definition) is 7. The maximum Gasteiger partial charge on any atom is 0.226 e. The Bertz CT molecular complexity index is 1160. The second-order valence-corrected chi connectivity index (χ2v) is 8.06. The van der Waals surface area contributed by atoms with Crippen LogP contribution in [0.3, 0.4) is 0 Å². The molecule has 2 N–H and O–H groups in total. The van der Waals surface area contributed by atoms with Crippen molar-refractivity contribution in [2.24, 2.45) is 0 Å². The van der Waals surface area contributed by atoms with Crippen LogP contribution >= 0.6 is 0 Å². The summed E-state index contributed by atoms with van der Waals surface area (Å²) in [6.45, 7) is 5.62. The summed E-state index contributed by atoms with van der Waals surface area (Å²) in [7, 11) is 2.01. The van der Waals surface area contributed by atoms with Crippen LogP contribution in [0.5, 0.6) is 0 Å². The van der Waals surface area contributed by atoms with Crippen LogP contribution in [-0.4, -0.2) is 49.8 Å². The summed E-state index contributed by atoms with van der Waals surface area (Å²) < 4.78 is 2.05. The van der Waals surface area contributed by atoms with Crippen molar-refractivity contribution in [3.05, 3.63) is 60.6 Å². The molecule has 0 spiro atoms. The number of aromatic nitrogens is 5. The Labute approximate surface area is 188 Å². The molecule has 32 heavy (non-hydrogen) atoms. The van der Waals surface area contributed by atoms with E-state index in [2.05, 4.69) is 63.3 Å². The van der Waals surface area contributed by atoms with Crippen LogP contribution < -0.4 is 10.2 Å². The van der Waals surface area contributed by atoms with E-state index >= 15 is 0 Å². The quantitative estimate of drug-likeness (QED) is 0.388. The molecule has 0 aliphatic rings. The molecular formula is C24H29N7O. The third-order valence-corrected chi connectivity index (χ3v) is 5.27. The van der Waals surface area contributed by atoms with Crippen LogP contribution in [-0.2, 0) is 6.54 Å². The van der Waals surface area contributed by atoms with E-state index in [1.54, 1.807) is 6.20 Å². The Balaban J connectivity index is 1.61. The van der Waals surface area contributed by atoms with Crippen molar-refractivity contribution in [1.82, 2.24) is 24.5 Å². The van der Waals surface area contributed by atoms with Gasteiger partial charge in [-0.25, -0.2) is 4.98 Å². The number of nitrogens with zero attached hydrogens (tertiary/aromatic N) is 6. The molecule has 0 saturated heterocycles. The number of nitrogens with one attached hydrogen (secondary N) is 1. The lowest BCUT2D eigenvalue weighted by atomic mass is 10.1. The first-order valence-electron chi connectivity index (χ1n) is 10.9. The van der Waals surface area contributed by atoms with Gasteiger partial charge < -0.3 is 19.9 Å². The number of aliphatic hydroxyl groups is 1. The zero-order valence-corrected chi connectivity index (χ0v) is 18.7. The van der Waals surface area contributed by atoms with Gasteiger partial charge in [0.1, 0.15) is 0 Å². The zero-order valence-electron chi connectivity index (χ0n) is 18.7. The normalized spacial score (nSPS) is 11.3. The van der Waals surface area contributed by atoms with Gasteiger partial charge in [0.2, 0.25) is 5.95 Å². The lowest BCUT2D eigenvalue weighted by Gasteiger charge is -2.20. The Morgan fingerprint density at radius 3 is 2.56 bits per heavy atom. The van der Waals surface area contributed by atoms with E-state index in [1.165, 1.54) is 0 Å². The van der Waals surface area contributed by atoms with Gasteiger partial charge in [-0.05, 0) is 38.0 Å². The molecule has 0 bridgehead atoms. The number of hydrogen-bond donors (Lipinski definition) is 2. The van der Waals surface area contributed by atoms with E-state index in [1.807, 2.05) is 36.1 Å². The third kappa shape index (κ3) is 4.70. The molecule has 4 aromatic rings. The highest BCUT2D eigenvalue weighted by Gasteiger charge is 2.18. The first-order chi connectivity index (χ1) is 15.6. The maximum absolute atomic E-state index is 9.09. The molecule has 1 aromatic carbocycles. The molecule has 0 amide bonds. The smallest absolute Gasteiger partial charge is 0.226 e. The van der Waals surface area contributed by atoms with Gasteiger partial charge in [-0.2, -0.15) is 9.97 Å². The second-order valence-electron chi connectivity index (χ2n) is 8.06. The van der Waals surface area contributed by atoms with Gasteiger partial charge in [0.15, 0.2) is 17.0 Å². The van der Waals surface area contributed by atoms with Crippen molar-refractivity contribution >= 4 is 22.9 Å². The van der Waals surface area contributed by atoms with E-state index in [0.717, 1.165) is 33.8 Å². The number of aliphatic hydroxyl groups excluding tert-OH is 1. The van der Waals surface area contributed by atoms with Crippen LogP contribution in [0.15, 0.2) is 55.0 Å². The van der Waals surface area contributed by atoms with Crippen LogP contribution in [0.25, 0.3) is 22.4 Å². The molecule has 3 heterocycles. The number of pyridine rings is 1. The van der Waals surface area contributed by atoms with Gasteiger partial charge in [-0.1, -0.05) is 30.3 Å². The number of benzene rings is 1. The largest absolute Gasteiger partial charge is 0.396 e. The number of fused-ring (bicyclic) bond motifs is 1. The fourth-order valence-corrected chi connectivity index (χ4v) is 3.57. The molecule has 8 heteroatoms. The predicted molar refractivity (Wildman–Crippen MR) is 128 cm³/mol. The van der Waals surface area contributed by atoms with Gasteiger partial charge in [0.25, 0.3) is 0 Å². The minimum atomic E-state index is 0.125. The van der Waals surface area contributed by atoms with Gasteiger partial charge in [0, 0.05) is 44.5 Å². The van der Waals surface area contributed by atoms with E-state index in [-0.39, 0.29) is 12.6 Å². The van der Waals surface area contributed by atoms with E-state index in [4.69, 9.17) is 10.1 Å². The number of rotatable bonds is 9. The lowest BCUT2D eigenvalue weighted by Crippen LogP contribution is -2.20. The first kappa shape index (κ1) is 21.7. The maximum atomic E-state index is 9.09. The third-order valence-electron chi connectivity index (χ3n) is 5.27. The molecule has 4 rings (SSSR count). The summed E-state index contributed by atoms with van der Waals surface area (Å²) in [5.74, 6) is 1.32. The standard InChI is InChI=1S/C24H29N7O/c1-17(2)31-16-27-21-22(28-24(29-23(21)31)26-13-6-14-32)30(3)15-18-8-10-19(11-9-18)20-7-4-5-12-25-20/h4-5,7-12,16-17,32H,6,13-15H2,1-3H3,(H,26,28,29). The average Bonchev–Trinajstić information content (AvgIpc) is 3.24. The molecule has 3 aromatic heterocycles. The Hall–Kier alpha value is -3.52. The van der Waals surface area contributed by atoms with Crippen molar-refractivity contribution in [3.8, 4) is 11.3 Å². The molecule has 0 unspecified atom stereocenters. The molecule has 0 fully saturated rings. The fourth-order valence-electron chi connectivity index (χ4n) is 3.57. The zero-order chi connectivity index (χ0) is 22.5. The summed E-state index contributed by atoms with van der Waals surface area (Å²) in [4.78, 5) is 20.6. The van der Waals surface area contributed by atoms with Crippen LogP contribution in [0.4, 0.5) is 11.8 Å². The molecular weight excluding hydrogens is 402 g/mol. The fraction of sp³-hybridized carbons (Fsp3) is 0.333. The Kier molecular flexibility index (Phi) is 6.61. The highest BCUT2D eigenvalue weighted by molar-refractivity contribution is 5.85. The molecule has 0 aliphatic carbocycles. The minimum Gasteiger partial charge on any atom is -0.396 e. The molecule has 0 aliphatic heterocycles. The van der Waals surface area contributed by atoms with Crippen molar-refractivity contribution < 1.29 is 5.11 Å². The average molecular weight is 432 g/mol. The molecule has 8 nitrogen and oxygen atoms in total. The van der Waals surface area contributed by atoms with Crippen molar-refractivity contribution in [2.45, 2.75) is 32.9 Å². The van der Waals surface area contributed by atoms with Crippen LogP contribution in [0, 0.1) is 0 Å². The second kappa shape index (κ2) is 9.74. The molecule has 166 valence electrons. The monoisotopic (exact) mass is 431 g/mol. The van der Waals surface area contributed by atoms with E-state index in [0.29, 0.717) is 25.5 Å². The summed E-state index contributed by atoms with van der Waals surface area (Å²) >= 11 is 0. The summed E-state index contributed by atoms with van der Waals surface area (Å²) in [6.07, 6.45) is 4.26. The highest BCUT2D eigenvalue weighted by Crippen LogP contribution is 2.27. The van der Waals surface area contributed by atoms with Gasteiger partial charge in [-0.3, -0.25) is 4.98 Å². The van der Waals surface area contributed by atoms with Crippen molar-refractivity contribution in [1.29, 1.82) is 0 Å². The van der Waals surface area contributed by atoms with Crippen LogP contribution in [0.1, 0.15) is 31.9 Å². The van der Waals surface area contributed by atoms with E-state index < -0.39 is 0 Å². The lowest BCUT2D eigenvalue weighted by molar-refractivity contribution is 0.292. The SMILES string of the molecule is CC(C)n1cnc2c(N(C)Cc3ccc(-c4ccccn4)cc3)nc(NCCCO)nc21. The van der Waals surface area contributed by atoms with Crippen molar-refractivity contribution in [2.75, 3.05) is 30.4 Å². The molecule has 0 atom stereocenters. The minimum absolute atomic E-state index is 0.125. The van der Waals surface area contributed by atoms with Crippen LogP contribution in [0.2, 0.25) is 0 Å². The van der Waals surface area contributed by atoms with Gasteiger partial charge >= 0.3 is 0 Å². The number of anilines is 2. The predicted octanol–water partition coefficient (Wildman–Crippen LogP) is 3.90.